The molecule has 2 nitrogen and oxygen atoms in total. The standard InChI is InChI=1S/C16H23Cl2NO/c1-2-10-19-12-6-8-16(20,9-7-12)11-13-14(17)4-3-5-15(13)18/h3-5,12,19-20H,2,6-11H2,1H3. The summed E-state index contributed by atoms with van der Waals surface area (Å²) in [7, 11) is 0. The molecule has 2 N–H and O–H groups in total. The predicted molar refractivity (Wildman–Crippen MR) is 85.7 cm³/mol. The van der Waals surface area contributed by atoms with Gasteiger partial charge in [-0.15, -0.1) is 0 Å². The summed E-state index contributed by atoms with van der Waals surface area (Å²) in [6.07, 6.45) is 5.32. The van der Waals surface area contributed by atoms with E-state index in [0.717, 1.165) is 44.2 Å². The zero-order chi connectivity index (χ0) is 14.6. The lowest BCUT2D eigenvalue weighted by atomic mass is 9.78. The van der Waals surface area contributed by atoms with E-state index in [0.29, 0.717) is 22.5 Å². The van der Waals surface area contributed by atoms with Crippen molar-refractivity contribution in [3.63, 3.8) is 0 Å². The fraction of sp³-hybridized carbons (Fsp3) is 0.625. The third-order valence-corrected chi connectivity index (χ3v) is 4.88. The topological polar surface area (TPSA) is 32.3 Å². The molecule has 1 saturated carbocycles. The molecule has 1 aliphatic carbocycles. The first-order valence-electron chi connectivity index (χ1n) is 7.43. The number of nitrogens with one attached hydrogen (secondary N) is 1. The minimum Gasteiger partial charge on any atom is -0.390 e. The normalized spacial score (nSPS) is 26.7. The third kappa shape index (κ3) is 4.11. The summed E-state index contributed by atoms with van der Waals surface area (Å²) in [6, 6.07) is 6.04. The van der Waals surface area contributed by atoms with Crippen LogP contribution in [0.1, 0.15) is 44.6 Å². The number of hydrogen-bond acceptors (Lipinski definition) is 2. The van der Waals surface area contributed by atoms with Crippen molar-refractivity contribution in [3.8, 4) is 0 Å². The zero-order valence-corrected chi connectivity index (χ0v) is 13.5. The van der Waals surface area contributed by atoms with Gasteiger partial charge in [0.1, 0.15) is 0 Å². The summed E-state index contributed by atoms with van der Waals surface area (Å²) >= 11 is 12.4. The van der Waals surface area contributed by atoms with E-state index in [1.165, 1.54) is 0 Å². The van der Waals surface area contributed by atoms with E-state index >= 15 is 0 Å². The Balaban J connectivity index is 1.96. The quantitative estimate of drug-likeness (QED) is 0.853. The second-order valence-corrected chi connectivity index (χ2v) is 6.64. The van der Waals surface area contributed by atoms with E-state index in [-0.39, 0.29) is 0 Å². The van der Waals surface area contributed by atoms with Crippen molar-refractivity contribution in [1.82, 2.24) is 5.32 Å². The Kier molecular flexibility index (Phi) is 5.74. The van der Waals surface area contributed by atoms with Crippen LogP contribution in [0.2, 0.25) is 10.0 Å². The SMILES string of the molecule is CCCNC1CCC(O)(Cc2c(Cl)cccc2Cl)CC1. The molecule has 0 radical (unpaired) electrons. The summed E-state index contributed by atoms with van der Waals surface area (Å²) in [5.74, 6) is 0. The number of benzene rings is 1. The van der Waals surface area contributed by atoms with E-state index in [1.54, 1.807) is 0 Å². The fourth-order valence-corrected chi connectivity index (χ4v) is 3.45. The van der Waals surface area contributed by atoms with Crippen LogP contribution in [0, 0.1) is 0 Å². The molecule has 2 rings (SSSR count). The lowest BCUT2D eigenvalue weighted by Crippen LogP contribution is -2.42. The van der Waals surface area contributed by atoms with Gasteiger partial charge in [-0.2, -0.15) is 0 Å². The fourth-order valence-electron chi connectivity index (χ4n) is 2.91. The molecule has 1 aromatic carbocycles. The van der Waals surface area contributed by atoms with Gasteiger partial charge in [-0.05, 0) is 56.3 Å². The molecule has 0 heterocycles. The van der Waals surface area contributed by atoms with Gasteiger partial charge in [-0.25, -0.2) is 0 Å². The summed E-state index contributed by atoms with van der Waals surface area (Å²) < 4.78 is 0. The van der Waals surface area contributed by atoms with Gasteiger partial charge in [0.2, 0.25) is 0 Å². The molecular weight excluding hydrogens is 293 g/mol. The van der Waals surface area contributed by atoms with Gasteiger partial charge in [0, 0.05) is 22.5 Å². The van der Waals surface area contributed by atoms with Crippen LogP contribution in [0.3, 0.4) is 0 Å². The van der Waals surface area contributed by atoms with Crippen LogP contribution < -0.4 is 5.32 Å². The first-order chi connectivity index (χ1) is 9.54. The zero-order valence-electron chi connectivity index (χ0n) is 12.0. The van der Waals surface area contributed by atoms with Crippen molar-refractivity contribution in [3.05, 3.63) is 33.8 Å². The highest BCUT2D eigenvalue weighted by Crippen LogP contribution is 2.35. The maximum Gasteiger partial charge on any atom is 0.0690 e. The summed E-state index contributed by atoms with van der Waals surface area (Å²) in [5.41, 5.74) is 0.206. The molecule has 1 aromatic rings. The Morgan fingerprint density at radius 2 is 1.85 bits per heavy atom. The summed E-state index contributed by atoms with van der Waals surface area (Å²) in [4.78, 5) is 0. The average molecular weight is 316 g/mol. The Labute approximate surface area is 131 Å². The van der Waals surface area contributed by atoms with Crippen molar-refractivity contribution in [2.24, 2.45) is 0 Å². The maximum atomic E-state index is 10.8. The van der Waals surface area contributed by atoms with Gasteiger partial charge in [-0.3, -0.25) is 0 Å². The molecule has 0 saturated heterocycles. The van der Waals surface area contributed by atoms with Gasteiger partial charge >= 0.3 is 0 Å². The van der Waals surface area contributed by atoms with E-state index < -0.39 is 5.60 Å². The minimum atomic E-state index is -0.668. The van der Waals surface area contributed by atoms with Gasteiger partial charge in [0.25, 0.3) is 0 Å². The van der Waals surface area contributed by atoms with Crippen LogP contribution in [0.4, 0.5) is 0 Å². The van der Waals surface area contributed by atoms with Gasteiger partial charge in [-0.1, -0.05) is 36.2 Å². The average Bonchev–Trinajstić information content (AvgIpc) is 2.43. The predicted octanol–water partition coefficient (Wildman–Crippen LogP) is 4.21. The van der Waals surface area contributed by atoms with Crippen molar-refractivity contribution in [2.45, 2.75) is 57.1 Å². The first-order valence-corrected chi connectivity index (χ1v) is 8.18. The highest BCUT2D eigenvalue weighted by molar-refractivity contribution is 6.36. The molecule has 0 bridgehead atoms. The number of rotatable bonds is 5. The maximum absolute atomic E-state index is 10.8. The first kappa shape index (κ1) is 16.1. The Morgan fingerprint density at radius 1 is 1.25 bits per heavy atom. The Morgan fingerprint density at radius 3 is 2.40 bits per heavy atom. The summed E-state index contributed by atoms with van der Waals surface area (Å²) in [6.45, 7) is 3.23. The van der Waals surface area contributed by atoms with Gasteiger partial charge in [0.05, 0.1) is 5.60 Å². The third-order valence-electron chi connectivity index (χ3n) is 4.17. The molecule has 0 aliphatic heterocycles. The van der Waals surface area contributed by atoms with Crippen LogP contribution in [-0.4, -0.2) is 23.3 Å². The van der Waals surface area contributed by atoms with Crippen LogP contribution in [-0.2, 0) is 6.42 Å². The molecule has 1 fully saturated rings. The van der Waals surface area contributed by atoms with Crippen LogP contribution in [0.15, 0.2) is 18.2 Å². The second kappa shape index (κ2) is 7.13. The molecule has 4 heteroatoms. The smallest absolute Gasteiger partial charge is 0.0690 e. The molecule has 0 amide bonds. The minimum absolute atomic E-state index is 0.539. The van der Waals surface area contributed by atoms with Gasteiger partial charge in [0.15, 0.2) is 0 Å². The largest absolute Gasteiger partial charge is 0.390 e. The van der Waals surface area contributed by atoms with E-state index in [2.05, 4.69) is 12.2 Å². The number of hydrogen-bond donors (Lipinski definition) is 2. The Bertz CT molecular complexity index is 422. The number of aliphatic hydroxyl groups is 1. The van der Waals surface area contributed by atoms with Crippen molar-refractivity contribution in [1.29, 1.82) is 0 Å². The van der Waals surface area contributed by atoms with Gasteiger partial charge < -0.3 is 10.4 Å². The van der Waals surface area contributed by atoms with Crippen molar-refractivity contribution < 1.29 is 5.11 Å². The highest BCUT2D eigenvalue weighted by Gasteiger charge is 2.34. The second-order valence-electron chi connectivity index (χ2n) is 5.83. The Hall–Kier alpha value is -0.280. The molecule has 1 aliphatic rings. The lowest BCUT2D eigenvalue weighted by molar-refractivity contribution is -0.00303. The molecular formula is C16H23Cl2NO. The van der Waals surface area contributed by atoms with Crippen molar-refractivity contribution in [2.75, 3.05) is 6.54 Å². The van der Waals surface area contributed by atoms with Crippen LogP contribution >= 0.6 is 23.2 Å². The van der Waals surface area contributed by atoms with Crippen LogP contribution in [0.5, 0.6) is 0 Å². The molecule has 0 aromatic heterocycles. The summed E-state index contributed by atoms with van der Waals surface area (Å²) in [5, 5.41) is 15.6. The highest BCUT2D eigenvalue weighted by atomic mass is 35.5. The number of halogens is 2. The molecule has 0 unspecified atom stereocenters. The molecule has 112 valence electrons. The van der Waals surface area contributed by atoms with E-state index in [1.807, 2.05) is 18.2 Å². The van der Waals surface area contributed by atoms with E-state index in [9.17, 15) is 5.11 Å². The molecule has 0 atom stereocenters. The monoisotopic (exact) mass is 315 g/mol. The lowest BCUT2D eigenvalue weighted by Gasteiger charge is -2.37. The molecule has 20 heavy (non-hydrogen) atoms. The van der Waals surface area contributed by atoms with Crippen molar-refractivity contribution >= 4 is 23.2 Å². The van der Waals surface area contributed by atoms with E-state index in [4.69, 9.17) is 23.2 Å². The molecule has 0 spiro atoms. The van der Waals surface area contributed by atoms with Crippen LogP contribution in [0.25, 0.3) is 0 Å².